The van der Waals surface area contributed by atoms with Gasteiger partial charge >= 0.3 is 0 Å². The Labute approximate surface area is 138 Å². The van der Waals surface area contributed by atoms with E-state index in [9.17, 15) is 14.9 Å². The highest BCUT2D eigenvalue weighted by atomic mass is 16.6. The first-order valence-corrected chi connectivity index (χ1v) is 7.46. The summed E-state index contributed by atoms with van der Waals surface area (Å²) in [6, 6.07) is 11.7. The molecule has 0 saturated carbocycles. The van der Waals surface area contributed by atoms with E-state index < -0.39 is 4.92 Å². The number of nitro groups is 1. The second kappa shape index (κ2) is 6.57. The Morgan fingerprint density at radius 1 is 1.29 bits per heavy atom. The van der Waals surface area contributed by atoms with Crippen molar-refractivity contribution >= 4 is 17.2 Å². The van der Waals surface area contributed by atoms with Gasteiger partial charge in [-0.15, -0.1) is 0 Å². The Bertz CT molecular complexity index is 790. The Morgan fingerprint density at radius 3 is 2.75 bits per heavy atom. The molecule has 0 saturated heterocycles. The number of Topliss-reactive ketones (excluding diaryl/α,β-unsaturated/α-hetero) is 1. The van der Waals surface area contributed by atoms with E-state index in [2.05, 4.69) is 5.32 Å². The summed E-state index contributed by atoms with van der Waals surface area (Å²) in [5, 5.41) is 14.2. The van der Waals surface area contributed by atoms with E-state index in [1.165, 1.54) is 19.1 Å². The van der Waals surface area contributed by atoms with Crippen LogP contribution in [0.4, 0.5) is 11.4 Å². The number of nitro benzene ring substituents is 1. The van der Waals surface area contributed by atoms with E-state index in [0.29, 0.717) is 35.9 Å². The number of benzene rings is 2. The molecule has 0 fully saturated rings. The van der Waals surface area contributed by atoms with Gasteiger partial charge in [-0.25, -0.2) is 0 Å². The fourth-order valence-corrected chi connectivity index (χ4v) is 2.44. The summed E-state index contributed by atoms with van der Waals surface area (Å²) in [6.07, 6.45) is -0.271. The number of anilines is 1. The van der Waals surface area contributed by atoms with Crippen molar-refractivity contribution in [2.24, 2.45) is 0 Å². The van der Waals surface area contributed by atoms with Crippen molar-refractivity contribution in [2.45, 2.75) is 13.0 Å². The molecule has 7 nitrogen and oxygen atoms in total. The molecule has 0 aliphatic carbocycles. The van der Waals surface area contributed by atoms with Crippen LogP contribution in [0.5, 0.6) is 11.5 Å². The molecular formula is C17H16N2O5. The fourth-order valence-electron chi connectivity index (χ4n) is 2.44. The third kappa shape index (κ3) is 3.29. The summed E-state index contributed by atoms with van der Waals surface area (Å²) in [4.78, 5) is 22.1. The topological polar surface area (TPSA) is 90.7 Å². The molecule has 0 radical (unpaired) electrons. The van der Waals surface area contributed by atoms with Gasteiger partial charge < -0.3 is 14.8 Å². The number of carbonyl (C=O) groups is 1. The summed E-state index contributed by atoms with van der Waals surface area (Å²) < 4.78 is 11.4. The Kier molecular flexibility index (Phi) is 4.33. The van der Waals surface area contributed by atoms with E-state index in [0.717, 1.165) is 0 Å². The van der Waals surface area contributed by atoms with Gasteiger partial charge in [-0.3, -0.25) is 14.9 Å². The molecule has 2 aromatic carbocycles. The Balaban J connectivity index is 1.71. The van der Waals surface area contributed by atoms with Crippen molar-refractivity contribution in [3.05, 3.63) is 58.1 Å². The predicted molar refractivity (Wildman–Crippen MR) is 87.9 cm³/mol. The zero-order valence-corrected chi connectivity index (χ0v) is 13.0. The van der Waals surface area contributed by atoms with E-state index in [4.69, 9.17) is 9.47 Å². The minimum atomic E-state index is -0.512. The molecule has 0 amide bonds. The van der Waals surface area contributed by atoms with Crippen LogP contribution in [0.25, 0.3) is 0 Å². The van der Waals surface area contributed by atoms with Gasteiger partial charge in [0.25, 0.3) is 5.69 Å². The number of fused-ring (bicyclic) bond motifs is 1. The van der Waals surface area contributed by atoms with Crippen molar-refractivity contribution in [1.82, 2.24) is 0 Å². The summed E-state index contributed by atoms with van der Waals surface area (Å²) in [6.45, 7) is 2.06. The average Bonchev–Trinajstić information content (AvgIpc) is 2.59. The van der Waals surface area contributed by atoms with Crippen molar-refractivity contribution in [2.75, 3.05) is 18.5 Å². The molecule has 7 heteroatoms. The molecule has 0 spiro atoms. The van der Waals surface area contributed by atoms with Crippen LogP contribution in [0.3, 0.4) is 0 Å². The zero-order valence-electron chi connectivity index (χ0n) is 13.0. The number of para-hydroxylation sites is 2. The molecule has 1 aliphatic rings. The second-order valence-corrected chi connectivity index (χ2v) is 5.42. The normalized spacial score (nSPS) is 15.6. The molecule has 1 heterocycles. The number of rotatable bonds is 5. The molecule has 0 unspecified atom stereocenters. The number of hydrogen-bond donors (Lipinski definition) is 1. The SMILES string of the molecule is CC(=O)c1ccc(NC[C@@H]2COc3ccccc3O2)c([N+](=O)[O-])c1. The molecule has 3 rings (SSSR count). The first kappa shape index (κ1) is 15.8. The summed E-state index contributed by atoms with van der Waals surface area (Å²) >= 11 is 0. The highest BCUT2D eigenvalue weighted by molar-refractivity contribution is 5.95. The van der Waals surface area contributed by atoms with E-state index >= 15 is 0 Å². The van der Waals surface area contributed by atoms with Crippen LogP contribution in [-0.2, 0) is 0 Å². The van der Waals surface area contributed by atoms with Gasteiger partial charge in [0.15, 0.2) is 17.3 Å². The van der Waals surface area contributed by atoms with Gasteiger partial charge in [-0.05, 0) is 31.2 Å². The molecule has 1 N–H and O–H groups in total. The lowest BCUT2D eigenvalue weighted by molar-refractivity contribution is -0.384. The maximum absolute atomic E-state index is 11.4. The largest absolute Gasteiger partial charge is 0.486 e. The smallest absolute Gasteiger partial charge is 0.293 e. The van der Waals surface area contributed by atoms with E-state index in [-0.39, 0.29) is 17.6 Å². The predicted octanol–water partition coefficient (Wildman–Crippen LogP) is 3.05. The molecular weight excluding hydrogens is 312 g/mol. The van der Waals surface area contributed by atoms with Gasteiger partial charge in [0.05, 0.1) is 11.5 Å². The van der Waals surface area contributed by atoms with Crippen LogP contribution in [0.2, 0.25) is 0 Å². The second-order valence-electron chi connectivity index (χ2n) is 5.42. The van der Waals surface area contributed by atoms with Gasteiger partial charge in [-0.1, -0.05) is 12.1 Å². The number of nitrogens with one attached hydrogen (secondary N) is 1. The van der Waals surface area contributed by atoms with Gasteiger partial charge in [0.1, 0.15) is 18.4 Å². The minimum Gasteiger partial charge on any atom is -0.486 e. The van der Waals surface area contributed by atoms with Gasteiger partial charge in [-0.2, -0.15) is 0 Å². The van der Waals surface area contributed by atoms with E-state index in [1.807, 2.05) is 24.3 Å². The Hall–Kier alpha value is -3.09. The number of nitrogens with zero attached hydrogens (tertiary/aromatic N) is 1. The molecule has 124 valence electrons. The molecule has 0 bridgehead atoms. The molecule has 24 heavy (non-hydrogen) atoms. The van der Waals surface area contributed by atoms with Crippen LogP contribution in [0.15, 0.2) is 42.5 Å². The molecule has 1 aliphatic heterocycles. The highest BCUT2D eigenvalue weighted by Gasteiger charge is 2.22. The standard InChI is InChI=1S/C17H16N2O5/c1-11(20)12-6-7-14(15(8-12)19(21)22)18-9-13-10-23-16-4-2-3-5-17(16)24-13/h2-8,13,18H,9-10H2,1H3/t13-/m1/s1. The molecule has 1 atom stereocenters. The number of hydrogen-bond acceptors (Lipinski definition) is 6. The summed E-state index contributed by atoms with van der Waals surface area (Å²) in [7, 11) is 0. The van der Waals surface area contributed by atoms with E-state index in [1.54, 1.807) is 6.07 Å². The lowest BCUT2D eigenvalue weighted by Gasteiger charge is -2.26. The third-order valence-electron chi connectivity index (χ3n) is 3.69. The summed E-state index contributed by atoms with van der Waals surface area (Å²) in [5.74, 6) is 1.12. The monoisotopic (exact) mass is 328 g/mol. The number of carbonyl (C=O) groups excluding carboxylic acids is 1. The Morgan fingerprint density at radius 2 is 2.04 bits per heavy atom. The third-order valence-corrected chi connectivity index (χ3v) is 3.69. The lowest BCUT2D eigenvalue weighted by Crippen LogP contribution is -2.35. The maximum atomic E-state index is 11.4. The van der Waals surface area contributed by atoms with Crippen LogP contribution >= 0.6 is 0 Å². The van der Waals surface area contributed by atoms with Crippen molar-refractivity contribution in [1.29, 1.82) is 0 Å². The lowest BCUT2D eigenvalue weighted by atomic mass is 10.1. The van der Waals surface area contributed by atoms with Crippen LogP contribution in [-0.4, -0.2) is 30.0 Å². The molecule has 0 aromatic heterocycles. The maximum Gasteiger partial charge on any atom is 0.293 e. The van der Waals surface area contributed by atoms with Gasteiger partial charge in [0, 0.05) is 11.6 Å². The van der Waals surface area contributed by atoms with Gasteiger partial charge in [0.2, 0.25) is 0 Å². The van der Waals surface area contributed by atoms with Crippen LogP contribution < -0.4 is 14.8 Å². The van der Waals surface area contributed by atoms with Crippen molar-refractivity contribution < 1.29 is 19.2 Å². The summed E-state index contributed by atoms with van der Waals surface area (Å²) in [5.41, 5.74) is 0.505. The molecule has 2 aromatic rings. The fraction of sp³-hybridized carbons (Fsp3) is 0.235. The quantitative estimate of drug-likeness (QED) is 0.515. The first-order chi connectivity index (χ1) is 11.5. The zero-order chi connectivity index (χ0) is 17.1. The first-order valence-electron chi connectivity index (χ1n) is 7.46. The van der Waals surface area contributed by atoms with Crippen LogP contribution in [0, 0.1) is 10.1 Å². The number of ketones is 1. The van der Waals surface area contributed by atoms with Crippen molar-refractivity contribution in [3.63, 3.8) is 0 Å². The number of ether oxygens (including phenoxy) is 2. The average molecular weight is 328 g/mol. The van der Waals surface area contributed by atoms with Crippen molar-refractivity contribution in [3.8, 4) is 11.5 Å². The highest BCUT2D eigenvalue weighted by Crippen LogP contribution is 2.31. The van der Waals surface area contributed by atoms with Crippen LogP contribution in [0.1, 0.15) is 17.3 Å². The minimum absolute atomic E-state index is 0.139.